The van der Waals surface area contributed by atoms with Crippen LogP contribution in [-0.4, -0.2) is 57.5 Å². The molecular weight excluding hydrogens is 252 g/mol. The monoisotopic (exact) mass is 276 g/mol. The first-order valence-corrected chi connectivity index (χ1v) is 8.55. The zero-order valence-electron chi connectivity index (χ0n) is 11.4. The fourth-order valence-electron chi connectivity index (χ4n) is 3.17. The molecular formula is C12H24N2O3S. The van der Waals surface area contributed by atoms with Crippen molar-refractivity contribution < 1.29 is 13.2 Å². The van der Waals surface area contributed by atoms with E-state index < -0.39 is 10.0 Å². The molecule has 0 radical (unpaired) electrons. The number of nitrogens with zero attached hydrogens (tertiary/aromatic N) is 1. The molecule has 2 heterocycles. The number of nitrogens with one attached hydrogen (secondary N) is 1. The molecule has 3 atom stereocenters. The van der Waals surface area contributed by atoms with Gasteiger partial charge in [-0.15, -0.1) is 0 Å². The fraction of sp³-hybridized carbons (Fsp3) is 1.00. The van der Waals surface area contributed by atoms with Crippen LogP contribution in [0.25, 0.3) is 0 Å². The molecule has 0 aromatic rings. The highest BCUT2D eigenvalue weighted by atomic mass is 32.2. The number of hydrogen-bond acceptors (Lipinski definition) is 4. The van der Waals surface area contributed by atoms with Crippen LogP contribution >= 0.6 is 0 Å². The number of ether oxygens (including phenoxy) is 1. The molecule has 6 heteroatoms. The van der Waals surface area contributed by atoms with E-state index in [4.69, 9.17) is 4.74 Å². The fourth-order valence-corrected chi connectivity index (χ4v) is 3.97. The molecule has 2 aliphatic heterocycles. The Bertz CT molecular complexity index is 383. The van der Waals surface area contributed by atoms with Gasteiger partial charge < -0.3 is 4.74 Å². The zero-order chi connectivity index (χ0) is 13.3. The minimum absolute atomic E-state index is 0.0580. The van der Waals surface area contributed by atoms with Crippen molar-refractivity contribution in [2.75, 3.05) is 26.0 Å². The molecule has 5 nitrogen and oxygen atoms in total. The molecule has 0 aromatic heterocycles. The molecule has 2 bridgehead atoms. The SMILES string of the molecule is CC(C)N1C[C@H]2COC[C@H]1C[C@H](NS(C)(=O)=O)C2. The van der Waals surface area contributed by atoms with Crippen LogP contribution in [0.2, 0.25) is 0 Å². The normalized spacial score (nSPS) is 34.6. The molecule has 2 fully saturated rings. The molecule has 0 unspecified atom stereocenters. The molecule has 1 N–H and O–H groups in total. The van der Waals surface area contributed by atoms with Crippen LogP contribution in [0.3, 0.4) is 0 Å². The summed E-state index contributed by atoms with van der Waals surface area (Å²) in [6.45, 7) is 6.88. The van der Waals surface area contributed by atoms with Gasteiger partial charge in [0, 0.05) is 24.7 Å². The van der Waals surface area contributed by atoms with Crippen molar-refractivity contribution in [2.45, 2.75) is 44.8 Å². The van der Waals surface area contributed by atoms with Crippen molar-refractivity contribution in [3.63, 3.8) is 0 Å². The number of sulfonamides is 1. The second-order valence-electron chi connectivity index (χ2n) is 5.91. The summed E-state index contributed by atoms with van der Waals surface area (Å²) in [5, 5.41) is 0. The lowest BCUT2D eigenvalue weighted by Crippen LogP contribution is -2.44. The lowest BCUT2D eigenvalue weighted by molar-refractivity contribution is 0.0661. The first kappa shape index (κ1) is 14.2. The van der Waals surface area contributed by atoms with Gasteiger partial charge in [0.2, 0.25) is 10.0 Å². The molecule has 0 saturated carbocycles. The maximum atomic E-state index is 11.4. The molecule has 2 saturated heterocycles. The van der Waals surface area contributed by atoms with E-state index in [0.29, 0.717) is 18.0 Å². The van der Waals surface area contributed by atoms with Gasteiger partial charge in [0.1, 0.15) is 0 Å². The molecule has 0 aliphatic carbocycles. The standard InChI is InChI=1S/C12H24N2O3S/c1-9(2)14-6-10-4-11(13-18(3,15)16)5-12(14)8-17-7-10/h9-13H,4-8H2,1-3H3/t10-,11+,12+/m0/s1. The maximum absolute atomic E-state index is 11.4. The van der Waals surface area contributed by atoms with E-state index in [9.17, 15) is 8.42 Å². The Balaban J connectivity index is 2.12. The smallest absolute Gasteiger partial charge is 0.208 e. The van der Waals surface area contributed by atoms with Crippen molar-refractivity contribution in [3.05, 3.63) is 0 Å². The molecule has 2 rings (SSSR count). The second kappa shape index (κ2) is 5.45. The van der Waals surface area contributed by atoms with E-state index in [-0.39, 0.29) is 6.04 Å². The molecule has 2 aliphatic rings. The van der Waals surface area contributed by atoms with Crippen LogP contribution in [0.4, 0.5) is 0 Å². The predicted molar refractivity (Wildman–Crippen MR) is 70.9 cm³/mol. The van der Waals surface area contributed by atoms with Gasteiger partial charge in [-0.1, -0.05) is 0 Å². The summed E-state index contributed by atoms with van der Waals surface area (Å²) < 4.78 is 31.3. The van der Waals surface area contributed by atoms with Crippen LogP contribution in [0, 0.1) is 5.92 Å². The van der Waals surface area contributed by atoms with Gasteiger partial charge in [-0.05, 0) is 32.6 Å². The first-order valence-electron chi connectivity index (χ1n) is 6.66. The minimum atomic E-state index is -3.12. The summed E-state index contributed by atoms with van der Waals surface area (Å²) in [6, 6.07) is 0.871. The van der Waals surface area contributed by atoms with Gasteiger partial charge in [-0.25, -0.2) is 13.1 Å². The lowest BCUT2D eigenvalue weighted by Gasteiger charge is -2.32. The first-order chi connectivity index (χ1) is 8.35. The van der Waals surface area contributed by atoms with Crippen molar-refractivity contribution >= 4 is 10.0 Å². The van der Waals surface area contributed by atoms with Gasteiger partial charge in [-0.2, -0.15) is 0 Å². The third-order valence-corrected chi connectivity index (χ3v) is 4.58. The van der Waals surface area contributed by atoms with Gasteiger partial charge in [0.25, 0.3) is 0 Å². The highest BCUT2D eigenvalue weighted by Gasteiger charge is 2.36. The average Bonchev–Trinajstić information content (AvgIpc) is 2.44. The highest BCUT2D eigenvalue weighted by molar-refractivity contribution is 7.88. The highest BCUT2D eigenvalue weighted by Crippen LogP contribution is 2.27. The predicted octanol–water partition coefficient (Wildman–Crippen LogP) is 0.423. The molecule has 0 spiro atoms. The Morgan fingerprint density at radius 2 is 2.00 bits per heavy atom. The Kier molecular flexibility index (Phi) is 4.31. The van der Waals surface area contributed by atoms with Crippen LogP contribution < -0.4 is 4.72 Å². The third-order valence-electron chi connectivity index (χ3n) is 3.82. The van der Waals surface area contributed by atoms with Gasteiger partial charge in [0.15, 0.2) is 0 Å². The van der Waals surface area contributed by atoms with E-state index in [1.54, 1.807) is 0 Å². The lowest BCUT2D eigenvalue weighted by atomic mass is 9.99. The maximum Gasteiger partial charge on any atom is 0.208 e. The van der Waals surface area contributed by atoms with Crippen molar-refractivity contribution in [1.82, 2.24) is 9.62 Å². The Morgan fingerprint density at radius 3 is 2.61 bits per heavy atom. The zero-order valence-corrected chi connectivity index (χ0v) is 12.2. The molecule has 0 aromatic carbocycles. The van der Waals surface area contributed by atoms with Crippen molar-refractivity contribution in [1.29, 1.82) is 0 Å². The number of fused-ring (bicyclic) bond motifs is 3. The number of hydrogen-bond donors (Lipinski definition) is 1. The van der Waals surface area contributed by atoms with Crippen LogP contribution in [-0.2, 0) is 14.8 Å². The summed E-state index contributed by atoms with van der Waals surface area (Å²) in [5.41, 5.74) is 0. The average molecular weight is 276 g/mol. The largest absolute Gasteiger partial charge is 0.379 e. The molecule has 0 amide bonds. The molecule has 106 valence electrons. The Labute approximate surface area is 110 Å². The van der Waals surface area contributed by atoms with Crippen LogP contribution in [0.15, 0.2) is 0 Å². The van der Waals surface area contributed by atoms with Crippen LogP contribution in [0.1, 0.15) is 26.7 Å². The van der Waals surface area contributed by atoms with E-state index in [1.807, 2.05) is 0 Å². The summed E-state index contributed by atoms with van der Waals surface area (Å²) in [5.74, 6) is 0.430. The third kappa shape index (κ3) is 3.66. The second-order valence-corrected chi connectivity index (χ2v) is 7.69. The van der Waals surface area contributed by atoms with Gasteiger partial charge in [0.05, 0.1) is 19.5 Å². The van der Waals surface area contributed by atoms with Crippen molar-refractivity contribution in [3.8, 4) is 0 Å². The van der Waals surface area contributed by atoms with E-state index in [0.717, 1.165) is 32.6 Å². The topological polar surface area (TPSA) is 58.6 Å². The van der Waals surface area contributed by atoms with Crippen LogP contribution in [0.5, 0.6) is 0 Å². The quantitative estimate of drug-likeness (QED) is 0.812. The summed E-state index contributed by atoms with van der Waals surface area (Å²) in [7, 11) is -3.12. The summed E-state index contributed by atoms with van der Waals surface area (Å²) in [4.78, 5) is 2.46. The van der Waals surface area contributed by atoms with Gasteiger partial charge in [-0.3, -0.25) is 4.90 Å². The van der Waals surface area contributed by atoms with Gasteiger partial charge >= 0.3 is 0 Å². The Morgan fingerprint density at radius 1 is 1.28 bits per heavy atom. The van der Waals surface area contributed by atoms with E-state index >= 15 is 0 Å². The van der Waals surface area contributed by atoms with E-state index in [1.165, 1.54) is 6.26 Å². The summed E-state index contributed by atoms with van der Waals surface area (Å²) >= 11 is 0. The summed E-state index contributed by atoms with van der Waals surface area (Å²) in [6.07, 6.45) is 2.97. The minimum Gasteiger partial charge on any atom is -0.379 e. The Hall–Kier alpha value is -0.170. The van der Waals surface area contributed by atoms with E-state index in [2.05, 4.69) is 23.5 Å². The number of rotatable bonds is 3. The van der Waals surface area contributed by atoms with Crippen molar-refractivity contribution in [2.24, 2.45) is 5.92 Å². The molecule has 18 heavy (non-hydrogen) atoms.